The van der Waals surface area contributed by atoms with E-state index in [1.54, 1.807) is 36.2 Å². The van der Waals surface area contributed by atoms with Crippen LogP contribution in [0.2, 0.25) is 0 Å². The van der Waals surface area contributed by atoms with Gasteiger partial charge in [0.1, 0.15) is 21.8 Å². The summed E-state index contributed by atoms with van der Waals surface area (Å²) in [7, 11) is 0. The fourth-order valence-corrected chi connectivity index (χ4v) is 5.87. The topological polar surface area (TPSA) is 113 Å². The van der Waals surface area contributed by atoms with E-state index in [-0.39, 0.29) is 41.1 Å². The summed E-state index contributed by atoms with van der Waals surface area (Å²) in [5.41, 5.74) is 2.12. The number of aromatic nitrogens is 2. The lowest BCUT2D eigenvalue weighted by Crippen LogP contribution is -2.57. The number of nitrogens with one attached hydrogen (secondary N) is 1. The number of rotatable bonds is 7. The van der Waals surface area contributed by atoms with Gasteiger partial charge in [0.25, 0.3) is 11.5 Å². The number of piperazine rings is 1. The zero-order valence-corrected chi connectivity index (χ0v) is 23.6. The number of esters is 1. The third-order valence-electron chi connectivity index (χ3n) is 6.63. The standard InChI is InChI=1S/C28H27N5O5S2/c1-3-38-23(34)15-20-25(35)29-11-13-31(20)24-19(26(36)32-12-5-4-6-22(32)30-24)14-21-27(37)33(28(39)40-21)16-18-9-7-17(2)8-10-18/h4-10,12,14,20H,3,11,13,15-16H2,1-2H3,(H,29,35)/b21-14-/t20-/m0/s1. The van der Waals surface area contributed by atoms with Crippen LogP contribution in [-0.4, -0.2) is 62.1 Å². The van der Waals surface area contributed by atoms with E-state index >= 15 is 0 Å². The molecule has 0 bridgehead atoms. The summed E-state index contributed by atoms with van der Waals surface area (Å²) in [6, 6.07) is 12.0. The van der Waals surface area contributed by atoms with Crippen LogP contribution in [0.5, 0.6) is 0 Å². The maximum absolute atomic E-state index is 13.8. The maximum atomic E-state index is 13.8. The number of pyridine rings is 1. The average molecular weight is 578 g/mol. The van der Waals surface area contributed by atoms with Crippen LogP contribution in [0, 0.1) is 6.92 Å². The molecule has 2 fully saturated rings. The number of anilines is 1. The highest BCUT2D eigenvalue weighted by Crippen LogP contribution is 2.35. The Balaban J connectivity index is 1.57. The number of hydrogen-bond acceptors (Lipinski definition) is 9. The van der Waals surface area contributed by atoms with Gasteiger partial charge in [0.05, 0.1) is 30.0 Å². The number of ether oxygens (including phenoxy) is 1. The van der Waals surface area contributed by atoms with E-state index in [1.165, 1.54) is 15.4 Å². The predicted octanol–water partition coefficient (Wildman–Crippen LogP) is 2.66. The molecule has 2 aliphatic heterocycles. The summed E-state index contributed by atoms with van der Waals surface area (Å²) in [5, 5.41) is 2.77. The third-order valence-corrected chi connectivity index (χ3v) is 8.01. The Morgan fingerprint density at radius 2 is 1.98 bits per heavy atom. The molecule has 0 unspecified atom stereocenters. The summed E-state index contributed by atoms with van der Waals surface area (Å²) in [4.78, 5) is 60.6. The molecule has 2 aliphatic rings. The Labute approximate surface area is 240 Å². The molecule has 3 aromatic rings. The quantitative estimate of drug-likeness (QED) is 0.257. The molecule has 2 aromatic heterocycles. The molecule has 0 aliphatic carbocycles. The number of carbonyl (C=O) groups is 3. The summed E-state index contributed by atoms with van der Waals surface area (Å²) in [5.74, 6) is -1.02. The first kappa shape index (κ1) is 27.5. The molecule has 206 valence electrons. The van der Waals surface area contributed by atoms with Gasteiger partial charge in [-0.3, -0.25) is 28.5 Å². The van der Waals surface area contributed by atoms with Crippen molar-refractivity contribution in [3.63, 3.8) is 0 Å². The van der Waals surface area contributed by atoms with Crippen molar-refractivity contribution in [3.8, 4) is 0 Å². The fraction of sp³-hybridized carbons (Fsp3) is 0.286. The first-order valence-electron chi connectivity index (χ1n) is 12.8. The molecular formula is C28H27N5O5S2. The van der Waals surface area contributed by atoms with Crippen LogP contribution in [0.25, 0.3) is 11.7 Å². The van der Waals surface area contributed by atoms with Crippen molar-refractivity contribution in [1.29, 1.82) is 0 Å². The van der Waals surface area contributed by atoms with Crippen LogP contribution in [0.4, 0.5) is 5.82 Å². The van der Waals surface area contributed by atoms with Crippen molar-refractivity contribution >= 4 is 63.6 Å². The molecule has 0 spiro atoms. The molecule has 0 radical (unpaired) electrons. The second-order valence-corrected chi connectivity index (χ2v) is 11.0. The summed E-state index contributed by atoms with van der Waals surface area (Å²) < 4.78 is 6.85. The molecule has 5 rings (SSSR count). The number of benzene rings is 1. The van der Waals surface area contributed by atoms with Gasteiger partial charge in [0.2, 0.25) is 5.91 Å². The number of hydrogen-bond donors (Lipinski definition) is 1. The van der Waals surface area contributed by atoms with E-state index in [9.17, 15) is 19.2 Å². The van der Waals surface area contributed by atoms with Crippen LogP contribution in [0.3, 0.4) is 0 Å². The maximum Gasteiger partial charge on any atom is 0.308 e. The zero-order valence-electron chi connectivity index (χ0n) is 22.0. The molecule has 0 saturated carbocycles. The van der Waals surface area contributed by atoms with Crippen LogP contribution in [0.1, 0.15) is 30.0 Å². The van der Waals surface area contributed by atoms with Gasteiger partial charge in [-0.2, -0.15) is 0 Å². The van der Waals surface area contributed by atoms with Crippen LogP contribution >= 0.6 is 24.0 Å². The third kappa shape index (κ3) is 5.50. The van der Waals surface area contributed by atoms with Crippen LogP contribution < -0.4 is 15.8 Å². The van der Waals surface area contributed by atoms with E-state index < -0.39 is 17.6 Å². The zero-order chi connectivity index (χ0) is 28.4. The number of aryl methyl sites for hydroxylation is 1. The lowest BCUT2D eigenvalue weighted by Gasteiger charge is -2.36. The smallest absolute Gasteiger partial charge is 0.308 e. The van der Waals surface area contributed by atoms with E-state index in [4.69, 9.17) is 21.9 Å². The Morgan fingerprint density at radius 1 is 1.20 bits per heavy atom. The molecule has 40 heavy (non-hydrogen) atoms. The van der Waals surface area contributed by atoms with Crippen LogP contribution in [-0.2, 0) is 25.7 Å². The van der Waals surface area contributed by atoms with Crippen molar-refractivity contribution in [2.24, 2.45) is 0 Å². The predicted molar refractivity (Wildman–Crippen MR) is 157 cm³/mol. The Bertz CT molecular complexity index is 1600. The van der Waals surface area contributed by atoms with Gasteiger partial charge in [-0.05, 0) is 37.6 Å². The second-order valence-electron chi connectivity index (χ2n) is 9.35. The minimum absolute atomic E-state index is 0.128. The van der Waals surface area contributed by atoms with Gasteiger partial charge in [-0.1, -0.05) is 59.9 Å². The number of thiocarbonyl (C=S) groups is 1. The number of nitrogens with zero attached hydrogens (tertiary/aromatic N) is 4. The number of fused-ring (bicyclic) bond motifs is 1. The first-order chi connectivity index (χ1) is 19.3. The molecule has 2 amide bonds. The lowest BCUT2D eigenvalue weighted by molar-refractivity contribution is -0.145. The molecule has 1 atom stereocenters. The lowest BCUT2D eigenvalue weighted by atomic mass is 10.1. The van der Waals surface area contributed by atoms with Crippen molar-refractivity contribution in [1.82, 2.24) is 19.6 Å². The summed E-state index contributed by atoms with van der Waals surface area (Å²) in [6.07, 6.45) is 2.87. The van der Waals surface area contributed by atoms with E-state index in [1.807, 2.05) is 31.2 Å². The second kappa shape index (κ2) is 11.6. The molecule has 2 saturated heterocycles. The van der Waals surface area contributed by atoms with Gasteiger partial charge in [-0.25, -0.2) is 4.98 Å². The van der Waals surface area contributed by atoms with E-state index in [0.717, 1.165) is 22.9 Å². The SMILES string of the molecule is CCOC(=O)C[C@H]1C(=O)NCCN1c1nc2ccccn2c(=O)c1/C=C1\SC(=S)N(Cc2ccc(C)cc2)C1=O. The monoisotopic (exact) mass is 577 g/mol. The van der Waals surface area contributed by atoms with Crippen LogP contribution in [0.15, 0.2) is 58.4 Å². The highest BCUT2D eigenvalue weighted by Gasteiger charge is 2.36. The van der Waals surface area contributed by atoms with E-state index in [0.29, 0.717) is 29.6 Å². The van der Waals surface area contributed by atoms with Crippen molar-refractivity contribution in [2.75, 3.05) is 24.6 Å². The highest BCUT2D eigenvalue weighted by atomic mass is 32.2. The summed E-state index contributed by atoms with van der Waals surface area (Å²) >= 11 is 6.63. The van der Waals surface area contributed by atoms with Crippen molar-refractivity contribution in [2.45, 2.75) is 32.9 Å². The first-order valence-corrected chi connectivity index (χ1v) is 14.0. The molecule has 12 heteroatoms. The van der Waals surface area contributed by atoms with Gasteiger partial charge < -0.3 is 15.0 Å². The normalized spacial score (nSPS) is 18.5. The van der Waals surface area contributed by atoms with Gasteiger partial charge in [-0.15, -0.1) is 0 Å². The molecular weight excluding hydrogens is 550 g/mol. The van der Waals surface area contributed by atoms with Gasteiger partial charge in [0.15, 0.2) is 0 Å². The Morgan fingerprint density at radius 3 is 2.73 bits per heavy atom. The highest BCUT2D eigenvalue weighted by molar-refractivity contribution is 8.26. The largest absolute Gasteiger partial charge is 0.466 e. The Kier molecular flexibility index (Phi) is 7.99. The van der Waals surface area contributed by atoms with Gasteiger partial charge >= 0.3 is 5.97 Å². The minimum Gasteiger partial charge on any atom is -0.466 e. The number of amides is 2. The minimum atomic E-state index is -0.936. The molecule has 1 aromatic carbocycles. The fourth-order valence-electron chi connectivity index (χ4n) is 4.63. The summed E-state index contributed by atoms with van der Waals surface area (Å²) in [6.45, 7) is 4.77. The number of carbonyl (C=O) groups excluding carboxylic acids is 3. The Hall–Kier alpha value is -4.03. The molecule has 1 N–H and O–H groups in total. The van der Waals surface area contributed by atoms with Crippen molar-refractivity contribution in [3.05, 3.63) is 80.6 Å². The van der Waals surface area contributed by atoms with Gasteiger partial charge in [0, 0.05) is 19.3 Å². The average Bonchev–Trinajstić information content (AvgIpc) is 3.20. The van der Waals surface area contributed by atoms with Crippen molar-refractivity contribution < 1.29 is 19.1 Å². The molecule has 10 nitrogen and oxygen atoms in total. The molecule has 4 heterocycles. The van der Waals surface area contributed by atoms with E-state index in [2.05, 4.69) is 5.32 Å². The number of thioether (sulfide) groups is 1.